The summed E-state index contributed by atoms with van der Waals surface area (Å²) in [5.74, 6) is 0. The normalized spacial score (nSPS) is 11.5. The second-order valence-electron chi connectivity index (χ2n) is 8.33. The third kappa shape index (κ3) is 20.3. The number of halogens is 1. The van der Waals surface area contributed by atoms with E-state index in [1.54, 1.807) is 0 Å². The minimum Gasteiger partial charge on any atom is -1.00 e. The van der Waals surface area contributed by atoms with Crippen LogP contribution in [-0.4, -0.2) is 31.7 Å². The van der Waals surface area contributed by atoms with Gasteiger partial charge in [-0.1, -0.05) is 90.9 Å². The third-order valence-corrected chi connectivity index (χ3v) is 5.23. The summed E-state index contributed by atoms with van der Waals surface area (Å²) in [7, 11) is 4.87. The Bertz CT molecular complexity index is 206. The fourth-order valence-electron chi connectivity index (χ4n) is 3.46. The van der Waals surface area contributed by atoms with E-state index in [-0.39, 0.29) is 12.4 Å². The first-order chi connectivity index (χ1) is 11.1. The predicted octanol–water partition coefficient (Wildman–Crippen LogP) is 4.35. The van der Waals surface area contributed by atoms with Crippen LogP contribution in [0.5, 0.6) is 0 Å². The first kappa shape index (κ1) is 26.5. The third-order valence-electron chi connectivity index (χ3n) is 5.23. The molecule has 24 heavy (non-hydrogen) atoms. The molecule has 0 aliphatic carbocycles. The van der Waals surface area contributed by atoms with Crippen LogP contribution in [0.1, 0.15) is 117 Å². The summed E-state index contributed by atoms with van der Waals surface area (Å²) in [6, 6.07) is 0. The SMILES string of the molecule is CCCCCCCCCC[N+](C)(C)CCCCCCCCCC.[Cl-]. The molecule has 0 unspecified atom stereocenters. The van der Waals surface area contributed by atoms with Crippen LogP contribution in [0.2, 0.25) is 0 Å². The van der Waals surface area contributed by atoms with Crippen molar-refractivity contribution in [2.45, 2.75) is 117 Å². The molecule has 0 rings (SSSR count). The van der Waals surface area contributed by atoms with Crippen molar-refractivity contribution in [1.29, 1.82) is 0 Å². The lowest BCUT2D eigenvalue weighted by Crippen LogP contribution is -3.00. The maximum atomic E-state index is 2.43. The zero-order chi connectivity index (χ0) is 17.2. The Morgan fingerprint density at radius 1 is 0.417 bits per heavy atom. The summed E-state index contributed by atoms with van der Waals surface area (Å²) in [4.78, 5) is 0. The van der Waals surface area contributed by atoms with Crippen molar-refractivity contribution >= 4 is 0 Å². The second kappa shape index (κ2) is 19.6. The van der Waals surface area contributed by atoms with Gasteiger partial charge in [-0.15, -0.1) is 0 Å². The van der Waals surface area contributed by atoms with Gasteiger partial charge in [-0.05, 0) is 25.7 Å². The van der Waals surface area contributed by atoms with Crippen molar-refractivity contribution in [2.24, 2.45) is 0 Å². The Balaban J connectivity index is 0. The molecule has 0 atom stereocenters. The van der Waals surface area contributed by atoms with Crippen molar-refractivity contribution in [3.05, 3.63) is 0 Å². The topological polar surface area (TPSA) is 0 Å². The first-order valence-corrected chi connectivity index (χ1v) is 10.9. The Morgan fingerprint density at radius 3 is 0.958 bits per heavy atom. The van der Waals surface area contributed by atoms with Gasteiger partial charge in [0.05, 0.1) is 27.2 Å². The quantitative estimate of drug-likeness (QED) is 0.251. The van der Waals surface area contributed by atoms with E-state index in [1.165, 1.54) is 120 Å². The minimum absolute atomic E-state index is 0. The lowest BCUT2D eigenvalue weighted by molar-refractivity contribution is -0.890. The number of hydrogen-bond donors (Lipinski definition) is 0. The Kier molecular flexibility index (Phi) is 21.6. The molecule has 1 nitrogen and oxygen atoms in total. The number of hydrogen-bond acceptors (Lipinski definition) is 0. The van der Waals surface area contributed by atoms with Crippen molar-refractivity contribution in [2.75, 3.05) is 27.2 Å². The molecule has 0 aromatic carbocycles. The van der Waals surface area contributed by atoms with Gasteiger partial charge in [0.1, 0.15) is 0 Å². The molecule has 0 amide bonds. The highest BCUT2D eigenvalue weighted by atomic mass is 35.5. The summed E-state index contributed by atoms with van der Waals surface area (Å²) in [6.45, 7) is 7.36. The van der Waals surface area contributed by atoms with Crippen LogP contribution < -0.4 is 12.4 Å². The predicted molar refractivity (Wildman–Crippen MR) is 107 cm³/mol. The van der Waals surface area contributed by atoms with Crippen molar-refractivity contribution in [3.8, 4) is 0 Å². The van der Waals surface area contributed by atoms with E-state index in [0.717, 1.165) is 0 Å². The molecule has 0 aliphatic heterocycles. The summed E-state index contributed by atoms with van der Waals surface area (Å²) in [5, 5.41) is 0. The summed E-state index contributed by atoms with van der Waals surface area (Å²) in [5.41, 5.74) is 0. The second-order valence-corrected chi connectivity index (χ2v) is 8.33. The fourth-order valence-corrected chi connectivity index (χ4v) is 3.46. The van der Waals surface area contributed by atoms with Gasteiger partial charge < -0.3 is 16.9 Å². The monoisotopic (exact) mass is 361 g/mol. The average molecular weight is 362 g/mol. The smallest absolute Gasteiger partial charge is 0.0782 e. The molecule has 0 saturated carbocycles. The van der Waals surface area contributed by atoms with Gasteiger partial charge in [0.2, 0.25) is 0 Å². The number of nitrogens with zero attached hydrogens (tertiary/aromatic N) is 1. The standard InChI is InChI=1S/C22H48N.ClH/c1-5-7-9-11-13-15-17-19-21-23(3,4)22-20-18-16-14-12-10-8-6-2;/h5-22H2,1-4H3;1H/q+1;/p-1. The highest BCUT2D eigenvalue weighted by Gasteiger charge is 2.13. The Labute approximate surface area is 161 Å². The number of unbranched alkanes of at least 4 members (excludes halogenated alkanes) is 14. The molecule has 0 spiro atoms. The molecule has 0 fully saturated rings. The lowest BCUT2D eigenvalue weighted by atomic mass is 10.1. The molecule has 0 N–H and O–H groups in total. The number of rotatable bonds is 18. The fraction of sp³-hybridized carbons (Fsp3) is 1.00. The van der Waals surface area contributed by atoms with Gasteiger partial charge in [-0.25, -0.2) is 0 Å². The van der Waals surface area contributed by atoms with E-state index < -0.39 is 0 Å². The summed E-state index contributed by atoms with van der Waals surface area (Å²) >= 11 is 0. The molecule has 0 aliphatic rings. The zero-order valence-electron chi connectivity index (χ0n) is 17.6. The molecule has 0 heterocycles. The van der Waals surface area contributed by atoms with Crippen LogP contribution in [0.25, 0.3) is 0 Å². The molecule has 2 heteroatoms. The maximum Gasteiger partial charge on any atom is 0.0782 e. The number of quaternary nitrogens is 1. The van der Waals surface area contributed by atoms with Crippen LogP contribution in [0.15, 0.2) is 0 Å². The van der Waals surface area contributed by atoms with E-state index in [4.69, 9.17) is 0 Å². The molecule has 148 valence electrons. The lowest BCUT2D eigenvalue weighted by Gasteiger charge is -2.30. The molecular formula is C22H48ClN. The van der Waals surface area contributed by atoms with Crippen LogP contribution in [0.3, 0.4) is 0 Å². The highest BCUT2D eigenvalue weighted by Crippen LogP contribution is 2.13. The van der Waals surface area contributed by atoms with Gasteiger partial charge in [0.15, 0.2) is 0 Å². The van der Waals surface area contributed by atoms with E-state index >= 15 is 0 Å². The van der Waals surface area contributed by atoms with Crippen LogP contribution in [-0.2, 0) is 0 Å². The van der Waals surface area contributed by atoms with Gasteiger partial charge >= 0.3 is 0 Å². The van der Waals surface area contributed by atoms with E-state index in [9.17, 15) is 0 Å². The molecule has 0 aromatic rings. The van der Waals surface area contributed by atoms with Crippen LogP contribution >= 0.6 is 0 Å². The average Bonchev–Trinajstić information content (AvgIpc) is 2.52. The van der Waals surface area contributed by atoms with Crippen molar-refractivity contribution < 1.29 is 16.9 Å². The van der Waals surface area contributed by atoms with E-state index in [2.05, 4.69) is 27.9 Å². The molecule has 0 radical (unpaired) electrons. The molecular weight excluding hydrogens is 314 g/mol. The van der Waals surface area contributed by atoms with Gasteiger partial charge in [-0.3, -0.25) is 0 Å². The molecule has 0 saturated heterocycles. The molecule has 0 bridgehead atoms. The summed E-state index contributed by atoms with van der Waals surface area (Å²) in [6.07, 6.45) is 23.0. The Hall–Kier alpha value is 0.250. The maximum absolute atomic E-state index is 2.43. The van der Waals surface area contributed by atoms with Gasteiger partial charge in [0, 0.05) is 0 Å². The van der Waals surface area contributed by atoms with Crippen LogP contribution in [0.4, 0.5) is 0 Å². The highest BCUT2D eigenvalue weighted by molar-refractivity contribution is 4.48. The van der Waals surface area contributed by atoms with Gasteiger partial charge in [0.25, 0.3) is 0 Å². The molecule has 0 aromatic heterocycles. The first-order valence-electron chi connectivity index (χ1n) is 10.9. The zero-order valence-corrected chi connectivity index (χ0v) is 18.3. The van der Waals surface area contributed by atoms with Crippen molar-refractivity contribution in [3.63, 3.8) is 0 Å². The van der Waals surface area contributed by atoms with Crippen molar-refractivity contribution in [1.82, 2.24) is 0 Å². The van der Waals surface area contributed by atoms with Crippen LogP contribution in [0, 0.1) is 0 Å². The minimum atomic E-state index is 0. The van der Waals surface area contributed by atoms with E-state index in [0.29, 0.717) is 0 Å². The summed E-state index contributed by atoms with van der Waals surface area (Å²) < 4.78 is 1.24. The van der Waals surface area contributed by atoms with E-state index in [1.807, 2.05) is 0 Å². The van der Waals surface area contributed by atoms with Gasteiger partial charge in [-0.2, -0.15) is 0 Å². The largest absolute Gasteiger partial charge is 1.00 e. The Morgan fingerprint density at radius 2 is 0.667 bits per heavy atom.